The summed E-state index contributed by atoms with van der Waals surface area (Å²) in [4.78, 5) is 19.7. The van der Waals surface area contributed by atoms with E-state index in [9.17, 15) is 9.59 Å². The normalized spacial score (nSPS) is 9.36. The summed E-state index contributed by atoms with van der Waals surface area (Å²) in [6.45, 7) is 12.2. The van der Waals surface area contributed by atoms with E-state index in [1.54, 1.807) is 0 Å². The Morgan fingerprint density at radius 1 is 1.36 bits per heavy atom. The predicted octanol–water partition coefficient (Wildman–Crippen LogP) is 1.33. The van der Waals surface area contributed by atoms with Gasteiger partial charge in [0.1, 0.15) is 0 Å². The molecule has 80 valence electrons. The van der Waals surface area contributed by atoms with E-state index in [0.717, 1.165) is 6.08 Å². The lowest BCUT2D eigenvalue weighted by molar-refractivity contribution is -0.131. The zero-order chi connectivity index (χ0) is 11.9. The van der Waals surface area contributed by atoms with Crippen molar-refractivity contribution in [2.75, 3.05) is 0 Å². The smallest absolute Gasteiger partial charge is 0.327 e. The SMILES string of the molecule is C=C(C(N)=O)C(C)(C)C.C=CC(=O)O. The maximum Gasteiger partial charge on any atom is 0.327 e. The Morgan fingerprint density at radius 2 is 1.64 bits per heavy atom. The quantitative estimate of drug-likeness (QED) is 0.658. The average molecular weight is 199 g/mol. The van der Waals surface area contributed by atoms with Crippen LogP contribution in [0.3, 0.4) is 0 Å². The minimum atomic E-state index is -0.981. The molecular weight excluding hydrogens is 182 g/mol. The van der Waals surface area contributed by atoms with Gasteiger partial charge in [-0.15, -0.1) is 0 Å². The number of carbonyl (C=O) groups excluding carboxylic acids is 1. The fraction of sp³-hybridized carbons (Fsp3) is 0.400. The van der Waals surface area contributed by atoms with Crippen molar-refractivity contribution >= 4 is 11.9 Å². The van der Waals surface area contributed by atoms with Crippen molar-refractivity contribution in [3.63, 3.8) is 0 Å². The van der Waals surface area contributed by atoms with Crippen molar-refractivity contribution < 1.29 is 14.7 Å². The molecule has 0 aromatic rings. The summed E-state index contributed by atoms with van der Waals surface area (Å²) >= 11 is 0. The van der Waals surface area contributed by atoms with Crippen LogP contribution in [0, 0.1) is 5.41 Å². The van der Waals surface area contributed by atoms with Gasteiger partial charge in [-0.1, -0.05) is 33.9 Å². The molecule has 0 unspecified atom stereocenters. The predicted molar refractivity (Wildman–Crippen MR) is 55.6 cm³/mol. The largest absolute Gasteiger partial charge is 0.478 e. The third kappa shape index (κ3) is 8.52. The van der Waals surface area contributed by atoms with E-state index in [4.69, 9.17) is 10.8 Å². The maximum absolute atomic E-state index is 10.5. The van der Waals surface area contributed by atoms with Crippen LogP contribution in [0.25, 0.3) is 0 Å². The molecule has 0 saturated heterocycles. The van der Waals surface area contributed by atoms with E-state index in [2.05, 4.69) is 13.2 Å². The van der Waals surface area contributed by atoms with Gasteiger partial charge in [0.25, 0.3) is 0 Å². The van der Waals surface area contributed by atoms with Crippen LogP contribution in [0.5, 0.6) is 0 Å². The third-order valence-corrected chi connectivity index (χ3v) is 1.38. The molecule has 0 aliphatic rings. The van der Waals surface area contributed by atoms with E-state index in [0.29, 0.717) is 5.57 Å². The van der Waals surface area contributed by atoms with Gasteiger partial charge >= 0.3 is 5.97 Å². The summed E-state index contributed by atoms with van der Waals surface area (Å²) in [5.74, 6) is -1.40. The van der Waals surface area contributed by atoms with Crippen LogP contribution in [0.4, 0.5) is 0 Å². The number of primary amides is 1. The molecule has 4 nitrogen and oxygen atoms in total. The number of amides is 1. The van der Waals surface area contributed by atoms with Crippen LogP contribution in [0.1, 0.15) is 20.8 Å². The Morgan fingerprint density at radius 3 is 1.64 bits per heavy atom. The van der Waals surface area contributed by atoms with Crippen LogP contribution < -0.4 is 5.73 Å². The van der Waals surface area contributed by atoms with Crippen molar-refractivity contribution in [1.29, 1.82) is 0 Å². The second-order valence-corrected chi connectivity index (χ2v) is 3.64. The highest BCUT2D eigenvalue weighted by molar-refractivity contribution is 5.92. The van der Waals surface area contributed by atoms with Gasteiger partial charge in [-0.05, 0) is 5.41 Å². The average Bonchev–Trinajstić information content (AvgIpc) is 2.02. The van der Waals surface area contributed by atoms with Gasteiger partial charge in [-0.3, -0.25) is 4.79 Å². The zero-order valence-corrected chi connectivity index (χ0v) is 8.83. The molecule has 0 aliphatic carbocycles. The van der Waals surface area contributed by atoms with Crippen molar-refractivity contribution in [1.82, 2.24) is 0 Å². The number of aliphatic carboxylic acids is 1. The lowest BCUT2D eigenvalue weighted by Gasteiger charge is -2.17. The lowest BCUT2D eigenvalue weighted by atomic mass is 9.87. The molecule has 0 atom stereocenters. The van der Waals surface area contributed by atoms with E-state index in [1.807, 2.05) is 20.8 Å². The number of rotatable bonds is 2. The van der Waals surface area contributed by atoms with Gasteiger partial charge in [-0.25, -0.2) is 4.79 Å². The third-order valence-electron chi connectivity index (χ3n) is 1.38. The monoisotopic (exact) mass is 199 g/mol. The molecule has 0 aliphatic heterocycles. The molecule has 0 rings (SSSR count). The van der Waals surface area contributed by atoms with E-state index < -0.39 is 11.9 Å². The molecule has 0 aromatic carbocycles. The zero-order valence-electron chi connectivity index (χ0n) is 8.83. The van der Waals surface area contributed by atoms with Crippen molar-refractivity contribution in [2.24, 2.45) is 11.1 Å². The fourth-order valence-electron chi connectivity index (χ4n) is 0.370. The second-order valence-electron chi connectivity index (χ2n) is 3.64. The van der Waals surface area contributed by atoms with E-state index >= 15 is 0 Å². The fourth-order valence-corrected chi connectivity index (χ4v) is 0.370. The first-order valence-electron chi connectivity index (χ1n) is 3.97. The topological polar surface area (TPSA) is 80.4 Å². The molecule has 0 aromatic heterocycles. The number of nitrogens with two attached hydrogens (primary N) is 1. The minimum Gasteiger partial charge on any atom is -0.478 e. The van der Waals surface area contributed by atoms with Crippen molar-refractivity contribution in [2.45, 2.75) is 20.8 Å². The van der Waals surface area contributed by atoms with Crippen molar-refractivity contribution in [3.05, 3.63) is 24.8 Å². The van der Waals surface area contributed by atoms with Gasteiger partial charge in [0.15, 0.2) is 0 Å². The van der Waals surface area contributed by atoms with E-state index in [1.165, 1.54) is 0 Å². The number of carboxylic acids is 1. The Kier molecular flexibility index (Phi) is 6.35. The first-order valence-corrected chi connectivity index (χ1v) is 3.97. The molecule has 0 fully saturated rings. The number of carboxylic acid groups (broad SMARTS) is 1. The minimum absolute atomic E-state index is 0.189. The Balaban J connectivity index is 0. The molecule has 0 heterocycles. The van der Waals surface area contributed by atoms with Crippen LogP contribution in [-0.2, 0) is 9.59 Å². The van der Waals surface area contributed by atoms with Gasteiger partial charge in [0.05, 0.1) is 0 Å². The lowest BCUT2D eigenvalue weighted by Crippen LogP contribution is -2.23. The summed E-state index contributed by atoms with van der Waals surface area (Å²) in [6, 6.07) is 0. The van der Waals surface area contributed by atoms with Gasteiger partial charge in [-0.2, -0.15) is 0 Å². The summed E-state index contributed by atoms with van der Waals surface area (Å²) in [6.07, 6.45) is 0.833. The van der Waals surface area contributed by atoms with Gasteiger partial charge < -0.3 is 10.8 Å². The molecule has 0 radical (unpaired) electrons. The summed E-state index contributed by atoms with van der Waals surface area (Å²) < 4.78 is 0. The Hall–Kier alpha value is -1.58. The van der Waals surface area contributed by atoms with Crippen LogP contribution in [0.15, 0.2) is 24.8 Å². The van der Waals surface area contributed by atoms with E-state index in [-0.39, 0.29) is 5.41 Å². The van der Waals surface area contributed by atoms with Crippen LogP contribution in [0.2, 0.25) is 0 Å². The first kappa shape index (κ1) is 14.9. The second kappa shape index (κ2) is 5.96. The highest BCUT2D eigenvalue weighted by Gasteiger charge is 2.18. The van der Waals surface area contributed by atoms with Crippen LogP contribution in [-0.4, -0.2) is 17.0 Å². The molecule has 0 saturated carbocycles. The molecule has 0 bridgehead atoms. The highest BCUT2D eigenvalue weighted by atomic mass is 16.4. The molecule has 1 amide bonds. The number of carbonyl (C=O) groups is 2. The molecule has 4 heteroatoms. The highest BCUT2D eigenvalue weighted by Crippen LogP contribution is 2.22. The molecule has 0 spiro atoms. The summed E-state index contributed by atoms with van der Waals surface area (Å²) in [7, 11) is 0. The molecule has 14 heavy (non-hydrogen) atoms. The number of hydrogen-bond donors (Lipinski definition) is 2. The van der Waals surface area contributed by atoms with Crippen molar-refractivity contribution in [3.8, 4) is 0 Å². The Bertz CT molecular complexity index is 249. The summed E-state index contributed by atoms with van der Waals surface area (Å²) in [5.41, 5.74) is 5.27. The number of hydrogen-bond acceptors (Lipinski definition) is 2. The standard InChI is InChI=1S/C7H13NO.C3H4O2/c1-5(6(8)9)7(2,3)4;1-2-3(4)5/h1H2,2-4H3,(H2,8,9);2H,1H2,(H,4,5). The summed E-state index contributed by atoms with van der Waals surface area (Å²) in [5, 5.41) is 7.60. The maximum atomic E-state index is 10.5. The molecule has 3 N–H and O–H groups in total. The van der Waals surface area contributed by atoms with Gasteiger partial charge in [0.2, 0.25) is 5.91 Å². The molecular formula is C10H17NO3. The first-order chi connectivity index (χ1) is 6.12. The Labute approximate surface area is 84.1 Å². The van der Waals surface area contributed by atoms with Gasteiger partial charge in [0, 0.05) is 11.6 Å². The van der Waals surface area contributed by atoms with Crippen LogP contribution >= 0.6 is 0 Å².